The second kappa shape index (κ2) is 5.99. The molecule has 0 aromatic rings. The lowest BCUT2D eigenvalue weighted by atomic mass is 9.94. The zero-order chi connectivity index (χ0) is 14.8. The van der Waals surface area contributed by atoms with Gasteiger partial charge in [0, 0.05) is 18.8 Å². The third-order valence-electron chi connectivity index (χ3n) is 4.34. The van der Waals surface area contributed by atoms with Crippen LogP contribution in [0.4, 0.5) is 0 Å². The fourth-order valence-electron chi connectivity index (χ4n) is 3.06. The van der Waals surface area contributed by atoms with Crippen molar-refractivity contribution in [2.75, 3.05) is 20.3 Å². The molecule has 0 aromatic carbocycles. The summed E-state index contributed by atoms with van der Waals surface area (Å²) >= 11 is 0. The van der Waals surface area contributed by atoms with Crippen LogP contribution in [0.1, 0.15) is 39.0 Å². The van der Waals surface area contributed by atoms with Crippen LogP contribution >= 0.6 is 0 Å². The smallest absolute Gasteiger partial charge is 0.310 e. The molecule has 6 nitrogen and oxygen atoms in total. The molecule has 20 heavy (non-hydrogen) atoms. The lowest BCUT2D eigenvalue weighted by Gasteiger charge is -2.35. The van der Waals surface area contributed by atoms with Crippen molar-refractivity contribution in [3.05, 3.63) is 0 Å². The van der Waals surface area contributed by atoms with Gasteiger partial charge < -0.3 is 9.47 Å². The minimum atomic E-state index is -3.53. The lowest BCUT2D eigenvalue weighted by Crippen LogP contribution is -2.53. The van der Waals surface area contributed by atoms with Crippen LogP contribution in [0.15, 0.2) is 0 Å². The summed E-state index contributed by atoms with van der Waals surface area (Å²) in [6.45, 7) is 3.02. The quantitative estimate of drug-likeness (QED) is 0.778. The van der Waals surface area contributed by atoms with Gasteiger partial charge in [-0.3, -0.25) is 4.79 Å². The van der Waals surface area contributed by atoms with Crippen molar-refractivity contribution in [1.29, 1.82) is 0 Å². The summed E-state index contributed by atoms with van der Waals surface area (Å²) in [4.78, 5) is 11.7. The fraction of sp³-hybridized carbons (Fsp3) is 0.923. The summed E-state index contributed by atoms with van der Waals surface area (Å²) in [5, 5.41) is -0.672. The number of sulfonamides is 1. The highest BCUT2D eigenvalue weighted by Crippen LogP contribution is 2.33. The number of hydrogen-bond acceptors (Lipinski definition) is 5. The molecule has 1 aliphatic heterocycles. The third kappa shape index (κ3) is 3.32. The van der Waals surface area contributed by atoms with E-state index in [-0.39, 0.29) is 0 Å². The summed E-state index contributed by atoms with van der Waals surface area (Å²) in [6, 6.07) is 0. The first-order valence-electron chi connectivity index (χ1n) is 7.06. The molecule has 2 unspecified atom stereocenters. The molecule has 2 atom stereocenters. The molecule has 0 amide bonds. The highest BCUT2D eigenvalue weighted by Gasteiger charge is 2.44. The van der Waals surface area contributed by atoms with Gasteiger partial charge in [-0.05, 0) is 32.6 Å². The molecule has 1 heterocycles. The number of rotatable bonds is 4. The first-order valence-corrected chi connectivity index (χ1v) is 8.61. The number of carbonyl (C=O) groups excluding carboxylic acids is 1. The van der Waals surface area contributed by atoms with Crippen LogP contribution < -0.4 is 4.72 Å². The maximum absolute atomic E-state index is 12.6. The largest absolute Gasteiger partial charge is 0.469 e. The molecule has 2 fully saturated rings. The SMILES string of the molecule is COC(=O)C1CCCC1S(=O)(=O)NC1(C)CCOCC1. The molecule has 0 bridgehead atoms. The van der Waals surface area contributed by atoms with Gasteiger partial charge in [0.05, 0.1) is 18.3 Å². The number of ether oxygens (including phenoxy) is 2. The van der Waals surface area contributed by atoms with Crippen molar-refractivity contribution in [2.24, 2.45) is 5.92 Å². The Bertz CT molecular complexity index is 455. The van der Waals surface area contributed by atoms with Crippen molar-refractivity contribution in [3.63, 3.8) is 0 Å². The summed E-state index contributed by atoms with van der Waals surface area (Å²) in [6.07, 6.45) is 3.15. The molecule has 0 spiro atoms. The average molecular weight is 305 g/mol. The van der Waals surface area contributed by atoms with Crippen molar-refractivity contribution >= 4 is 16.0 Å². The molecule has 2 rings (SSSR count). The Morgan fingerprint density at radius 3 is 2.55 bits per heavy atom. The van der Waals surface area contributed by atoms with E-state index in [4.69, 9.17) is 9.47 Å². The van der Waals surface area contributed by atoms with E-state index in [1.54, 1.807) is 0 Å². The molecular weight excluding hydrogens is 282 g/mol. The van der Waals surface area contributed by atoms with Crippen molar-refractivity contribution in [2.45, 2.75) is 49.8 Å². The third-order valence-corrected chi connectivity index (χ3v) is 6.48. The Labute approximate surface area is 120 Å². The first kappa shape index (κ1) is 15.7. The Morgan fingerprint density at radius 1 is 1.30 bits per heavy atom. The van der Waals surface area contributed by atoms with Gasteiger partial charge >= 0.3 is 5.97 Å². The lowest BCUT2D eigenvalue weighted by molar-refractivity contribution is -0.145. The predicted octanol–water partition coefficient (Wildman–Crippen LogP) is 0.817. The summed E-state index contributed by atoms with van der Waals surface area (Å²) in [7, 11) is -2.23. The van der Waals surface area contributed by atoms with E-state index < -0.39 is 32.7 Å². The van der Waals surface area contributed by atoms with Gasteiger partial charge in [-0.15, -0.1) is 0 Å². The molecule has 1 aliphatic carbocycles. The Morgan fingerprint density at radius 2 is 1.95 bits per heavy atom. The maximum atomic E-state index is 12.6. The highest BCUT2D eigenvalue weighted by molar-refractivity contribution is 7.90. The Balaban J connectivity index is 2.11. The maximum Gasteiger partial charge on any atom is 0.310 e. The van der Waals surface area contributed by atoms with Crippen molar-refractivity contribution in [1.82, 2.24) is 4.72 Å². The van der Waals surface area contributed by atoms with Crippen LogP contribution in [0.5, 0.6) is 0 Å². The van der Waals surface area contributed by atoms with Gasteiger partial charge in [0.1, 0.15) is 0 Å². The molecule has 0 aromatic heterocycles. The summed E-state index contributed by atoms with van der Waals surface area (Å²) < 4.78 is 38.0. The minimum Gasteiger partial charge on any atom is -0.469 e. The first-order chi connectivity index (χ1) is 9.38. The number of hydrogen-bond donors (Lipinski definition) is 1. The van der Waals surface area contributed by atoms with E-state index in [9.17, 15) is 13.2 Å². The zero-order valence-electron chi connectivity index (χ0n) is 12.1. The number of methoxy groups -OCH3 is 1. The second-order valence-electron chi connectivity index (χ2n) is 5.92. The van der Waals surface area contributed by atoms with Crippen LogP contribution in [0, 0.1) is 5.92 Å². The van der Waals surface area contributed by atoms with Gasteiger partial charge in [0.25, 0.3) is 0 Å². The van der Waals surface area contributed by atoms with E-state index in [1.165, 1.54) is 7.11 Å². The van der Waals surface area contributed by atoms with Crippen molar-refractivity contribution < 1.29 is 22.7 Å². The number of carbonyl (C=O) groups is 1. The number of nitrogens with one attached hydrogen (secondary N) is 1. The minimum absolute atomic E-state index is 0.421. The summed E-state index contributed by atoms with van der Waals surface area (Å²) in [5.74, 6) is -0.962. The molecule has 2 aliphatic rings. The molecular formula is C13H23NO5S. The van der Waals surface area contributed by atoms with E-state index in [1.807, 2.05) is 6.92 Å². The molecule has 7 heteroatoms. The van der Waals surface area contributed by atoms with Crippen LogP contribution in [0.2, 0.25) is 0 Å². The predicted molar refractivity (Wildman–Crippen MR) is 73.7 cm³/mol. The van der Waals surface area contributed by atoms with Crippen molar-refractivity contribution in [3.8, 4) is 0 Å². The standard InChI is InChI=1S/C13H23NO5S/c1-13(6-8-19-9-7-13)14-20(16,17)11-5-3-4-10(11)12(15)18-2/h10-11,14H,3-9H2,1-2H3. The van der Waals surface area contributed by atoms with Crippen LogP contribution in [-0.2, 0) is 24.3 Å². The molecule has 1 saturated heterocycles. The Kier molecular flexibility index (Phi) is 4.71. The fourth-order valence-corrected chi connectivity index (χ4v) is 5.26. The topological polar surface area (TPSA) is 81.7 Å². The monoisotopic (exact) mass is 305 g/mol. The zero-order valence-corrected chi connectivity index (χ0v) is 12.9. The molecule has 1 N–H and O–H groups in total. The normalized spacial score (nSPS) is 30.1. The average Bonchev–Trinajstić information content (AvgIpc) is 2.87. The second-order valence-corrected chi connectivity index (χ2v) is 7.82. The molecule has 1 saturated carbocycles. The molecule has 0 radical (unpaired) electrons. The van der Waals surface area contributed by atoms with Crippen LogP contribution in [0.3, 0.4) is 0 Å². The van der Waals surface area contributed by atoms with Gasteiger partial charge in [-0.2, -0.15) is 0 Å². The van der Waals surface area contributed by atoms with E-state index in [0.29, 0.717) is 38.9 Å². The molecule has 116 valence electrons. The van der Waals surface area contributed by atoms with E-state index in [0.717, 1.165) is 6.42 Å². The highest BCUT2D eigenvalue weighted by atomic mass is 32.2. The van der Waals surface area contributed by atoms with E-state index in [2.05, 4.69) is 4.72 Å². The van der Waals surface area contributed by atoms with Gasteiger partial charge in [-0.25, -0.2) is 13.1 Å². The van der Waals surface area contributed by atoms with Crippen LogP contribution in [-0.4, -0.2) is 45.5 Å². The Hall–Kier alpha value is -0.660. The summed E-state index contributed by atoms with van der Waals surface area (Å²) in [5.41, 5.74) is -0.472. The van der Waals surface area contributed by atoms with Gasteiger partial charge in [-0.1, -0.05) is 6.42 Å². The number of esters is 1. The van der Waals surface area contributed by atoms with Gasteiger partial charge in [0.2, 0.25) is 10.0 Å². The van der Waals surface area contributed by atoms with E-state index >= 15 is 0 Å². The van der Waals surface area contributed by atoms with Gasteiger partial charge in [0.15, 0.2) is 0 Å². The van der Waals surface area contributed by atoms with Crippen LogP contribution in [0.25, 0.3) is 0 Å².